The van der Waals surface area contributed by atoms with Gasteiger partial charge in [-0.3, -0.25) is 38.5 Å². The number of carbonyl (C=O) groups excluding carboxylic acids is 7. The van der Waals surface area contributed by atoms with Crippen molar-refractivity contribution >= 4 is 53.5 Å². The molecule has 7 amide bonds. The molecule has 17 nitrogen and oxygen atoms in total. The van der Waals surface area contributed by atoms with Crippen LogP contribution < -0.4 is 10.6 Å². The number of hydrogen-bond acceptors (Lipinski definition) is 10. The lowest BCUT2D eigenvalue weighted by atomic mass is 9.88. The largest absolute Gasteiger partial charge is 0.480 e. The molecule has 2 aliphatic heterocycles. The average molecular weight is 909 g/mol. The molecule has 0 spiro atoms. The fourth-order valence-electron chi connectivity index (χ4n) is 8.57. The van der Waals surface area contributed by atoms with Crippen LogP contribution in [0.3, 0.4) is 0 Å². The lowest BCUT2D eigenvalue weighted by Gasteiger charge is -2.40. The number of aliphatic carboxylic acids is 1. The fraction of sp³-hybridized carbons (Fsp3) is 0.646. The highest BCUT2D eigenvalue weighted by molar-refractivity contribution is 6.12. The van der Waals surface area contributed by atoms with Gasteiger partial charge in [-0.25, -0.2) is 9.79 Å². The monoisotopic (exact) mass is 909 g/mol. The third-order valence-corrected chi connectivity index (χ3v) is 12.7. The van der Waals surface area contributed by atoms with Crippen molar-refractivity contribution in [2.45, 2.75) is 142 Å². The number of imide groups is 1. The Kier molecular flexibility index (Phi) is 21.1. The summed E-state index contributed by atoms with van der Waals surface area (Å²) in [5.74, 6) is -5.93. The Bertz CT molecular complexity index is 1870. The summed E-state index contributed by atoms with van der Waals surface area (Å²) in [7, 11) is 4.63. The number of amides is 7. The third-order valence-electron chi connectivity index (χ3n) is 12.7. The normalized spacial score (nSPS) is 18.6. The Morgan fingerprint density at radius 3 is 2.18 bits per heavy atom. The molecule has 1 fully saturated rings. The number of carboxylic acids is 1. The highest BCUT2D eigenvalue weighted by Gasteiger charge is 2.43. The van der Waals surface area contributed by atoms with E-state index in [1.807, 2.05) is 33.8 Å². The van der Waals surface area contributed by atoms with Gasteiger partial charge in [0.25, 0.3) is 17.7 Å². The van der Waals surface area contributed by atoms with E-state index in [0.29, 0.717) is 45.1 Å². The van der Waals surface area contributed by atoms with E-state index in [2.05, 4.69) is 15.6 Å². The van der Waals surface area contributed by atoms with Crippen LogP contribution in [0.1, 0.15) is 105 Å². The molecule has 2 aliphatic rings. The number of benzene rings is 1. The van der Waals surface area contributed by atoms with Gasteiger partial charge in [-0.1, -0.05) is 77.8 Å². The second kappa shape index (κ2) is 25.4. The summed E-state index contributed by atoms with van der Waals surface area (Å²) < 4.78 is 11.9. The quantitative estimate of drug-likeness (QED) is 0.0686. The topological polar surface area (TPSA) is 221 Å². The minimum absolute atomic E-state index is 0.0725. The Balaban J connectivity index is 1.67. The van der Waals surface area contributed by atoms with Crippen LogP contribution in [0.5, 0.6) is 0 Å². The number of carbonyl (C=O) groups is 8. The van der Waals surface area contributed by atoms with Crippen molar-refractivity contribution in [3.63, 3.8) is 0 Å². The molecule has 0 radical (unpaired) electrons. The van der Waals surface area contributed by atoms with Gasteiger partial charge in [0.05, 0.1) is 42.5 Å². The zero-order valence-corrected chi connectivity index (χ0v) is 39.9. The van der Waals surface area contributed by atoms with Gasteiger partial charge in [0.1, 0.15) is 11.6 Å². The molecule has 8 atom stereocenters. The van der Waals surface area contributed by atoms with Crippen molar-refractivity contribution in [3.05, 3.63) is 48.0 Å². The van der Waals surface area contributed by atoms with Crippen LogP contribution >= 0.6 is 0 Å². The molecule has 3 rings (SSSR count). The molecule has 1 aromatic carbocycles. The van der Waals surface area contributed by atoms with Crippen molar-refractivity contribution in [1.82, 2.24) is 25.3 Å². The van der Waals surface area contributed by atoms with Crippen LogP contribution in [-0.4, -0.2) is 144 Å². The zero-order chi connectivity index (χ0) is 48.6. The minimum atomic E-state index is -1.37. The SMILES string of the molecule is CC[C@H](C)[C@@H]([C@@H](CC(=O)N1CCC[C@H]1[C@H](OC)[C@@H](C)C(=O)N[C@@H](Cc1ccccc1)C(=O)O)OC)N(C)C(=O)C(C=NC(=O)C(C)(C)NC(=O)CCCCCN1C(=O)C=CC1=O)C(C)C. The molecule has 1 unspecified atom stereocenters. The number of carboxylic acid groups (broad SMARTS) is 1. The summed E-state index contributed by atoms with van der Waals surface area (Å²) in [4.78, 5) is 113. The average Bonchev–Trinajstić information content (AvgIpc) is 3.88. The molecule has 17 heteroatoms. The Hall–Kier alpha value is -5.29. The van der Waals surface area contributed by atoms with Crippen molar-refractivity contribution in [3.8, 4) is 0 Å². The number of unbranched alkanes of at least 4 members (excludes halogenated alkanes) is 2. The number of likely N-dealkylation sites (N-methyl/N-ethyl adjacent to an activating group) is 1. The van der Waals surface area contributed by atoms with Crippen LogP contribution in [0, 0.1) is 23.7 Å². The number of likely N-dealkylation sites (tertiary alicyclic amines) is 1. The Morgan fingerprint density at radius 2 is 1.62 bits per heavy atom. The maximum atomic E-state index is 14.3. The number of ether oxygens (including phenoxy) is 2. The Labute approximate surface area is 384 Å². The number of nitrogens with zero attached hydrogens (tertiary/aromatic N) is 4. The maximum Gasteiger partial charge on any atom is 0.326 e. The van der Waals surface area contributed by atoms with Gasteiger partial charge >= 0.3 is 5.97 Å². The third kappa shape index (κ3) is 15.1. The first-order valence-corrected chi connectivity index (χ1v) is 22.8. The number of hydrogen-bond donors (Lipinski definition) is 3. The fourth-order valence-corrected chi connectivity index (χ4v) is 8.57. The minimum Gasteiger partial charge on any atom is -0.480 e. The van der Waals surface area contributed by atoms with E-state index >= 15 is 0 Å². The second-order valence-corrected chi connectivity index (χ2v) is 18.2. The summed E-state index contributed by atoms with van der Waals surface area (Å²) in [6.07, 6.45) is 6.01. The molecule has 65 heavy (non-hydrogen) atoms. The molecule has 2 heterocycles. The van der Waals surface area contributed by atoms with Crippen LogP contribution in [0.2, 0.25) is 0 Å². The highest BCUT2D eigenvalue weighted by Crippen LogP contribution is 2.30. The zero-order valence-electron chi connectivity index (χ0n) is 39.9. The second-order valence-electron chi connectivity index (χ2n) is 18.2. The molecule has 0 bridgehead atoms. The standard InChI is InChI=1S/C48H72N6O11/c1-11-31(4)42(52(8)45(60)34(30(2)3)29-49-47(63)48(6,7)51-38(55)22-16-13-17-25-54-39(56)23-24-40(54)57)37(64-9)28-41(58)53-26-18-21-36(53)43(65-10)32(5)44(59)50-35(46(61)62)27-33-19-14-12-15-20-33/h12,14-15,19-20,23-24,29-32,34-37,42-43H,11,13,16-18,21-22,25-28H2,1-10H3,(H,50,59)(H,51,55)(H,61,62)/t31-,32+,34?,35-,36-,37+,42-,43+/m0/s1. The van der Waals surface area contributed by atoms with Crippen molar-refractivity contribution in [2.24, 2.45) is 28.7 Å². The molecule has 0 saturated carbocycles. The first-order chi connectivity index (χ1) is 30.7. The van der Waals surface area contributed by atoms with Gasteiger partial charge in [-0.15, -0.1) is 0 Å². The molecule has 1 saturated heterocycles. The number of nitrogens with one attached hydrogen (secondary N) is 2. The Morgan fingerprint density at radius 1 is 0.969 bits per heavy atom. The molecule has 0 aliphatic carbocycles. The molecular formula is C48H72N6O11. The summed E-state index contributed by atoms with van der Waals surface area (Å²) in [6.45, 7) is 13.1. The smallest absolute Gasteiger partial charge is 0.326 e. The molecular weight excluding hydrogens is 837 g/mol. The molecule has 0 aromatic heterocycles. The van der Waals surface area contributed by atoms with Gasteiger partial charge in [-0.2, -0.15) is 0 Å². The van der Waals surface area contributed by atoms with Gasteiger partial charge in [0.15, 0.2) is 0 Å². The summed E-state index contributed by atoms with van der Waals surface area (Å²) in [5.41, 5.74) is -0.608. The number of rotatable bonds is 26. The van der Waals surface area contributed by atoms with Gasteiger partial charge in [0.2, 0.25) is 23.6 Å². The predicted molar refractivity (Wildman–Crippen MR) is 244 cm³/mol. The summed E-state index contributed by atoms with van der Waals surface area (Å²) >= 11 is 0. The highest BCUT2D eigenvalue weighted by atomic mass is 16.5. The van der Waals surface area contributed by atoms with Gasteiger partial charge in [-0.05, 0) is 56.9 Å². The lowest BCUT2D eigenvalue weighted by molar-refractivity contribution is -0.147. The van der Waals surface area contributed by atoms with E-state index < -0.39 is 65.5 Å². The van der Waals surface area contributed by atoms with E-state index in [4.69, 9.17) is 9.47 Å². The lowest BCUT2D eigenvalue weighted by Crippen LogP contribution is -2.55. The van der Waals surface area contributed by atoms with Gasteiger partial charge in [0, 0.05) is 65.6 Å². The maximum absolute atomic E-state index is 14.3. The van der Waals surface area contributed by atoms with E-state index in [1.165, 1.54) is 46.4 Å². The van der Waals surface area contributed by atoms with Crippen molar-refractivity contribution in [2.75, 3.05) is 34.4 Å². The molecule has 360 valence electrons. The van der Waals surface area contributed by atoms with E-state index in [0.717, 1.165) is 10.5 Å². The van der Waals surface area contributed by atoms with Gasteiger partial charge < -0.3 is 35.0 Å². The molecule has 3 N–H and O–H groups in total. The first kappa shape index (κ1) is 54.0. The van der Waals surface area contributed by atoms with Crippen molar-refractivity contribution in [1.29, 1.82) is 0 Å². The van der Waals surface area contributed by atoms with Crippen LogP contribution in [0.4, 0.5) is 0 Å². The summed E-state index contributed by atoms with van der Waals surface area (Å²) in [5, 5.41) is 15.3. The van der Waals surface area contributed by atoms with E-state index in [-0.39, 0.29) is 67.2 Å². The van der Waals surface area contributed by atoms with Crippen LogP contribution in [-0.2, 0) is 54.3 Å². The van der Waals surface area contributed by atoms with Crippen LogP contribution in [0.15, 0.2) is 47.5 Å². The number of methoxy groups -OCH3 is 2. The first-order valence-electron chi connectivity index (χ1n) is 22.8. The van der Waals surface area contributed by atoms with E-state index in [1.54, 1.807) is 48.0 Å². The summed E-state index contributed by atoms with van der Waals surface area (Å²) in [6, 6.07) is 6.83. The number of aliphatic imine (C=N–C) groups is 1. The molecule has 1 aromatic rings. The van der Waals surface area contributed by atoms with Crippen LogP contribution in [0.25, 0.3) is 0 Å². The van der Waals surface area contributed by atoms with Crippen molar-refractivity contribution < 1.29 is 52.9 Å². The van der Waals surface area contributed by atoms with E-state index in [9.17, 15) is 43.5 Å². The predicted octanol–water partition coefficient (Wildman–Crippen LogP) is 3.97.